The van der Waals surface area contributed by atoms with Crippen LogP contribution >= 0.6 is 0 Å². The van der Waals surface area contributed by atoms with Crippen LogP contribution in [-0.4, -0.2) is 41.6 Å². The summed E-state index contributed by atoms with van der Waals surface area (Å²) in [7, 11) is 1.90. The summed E-state index contributed by atoms with van der Waals surface area (Å²) in [6, 6.07) is 1.60. The van der Waals surface area contributed by atoms with Gasteiger partial charge in [0.15, 0.2) is 0 Å². The summed E-state index contributed by atoms with van der Waals surface area (Å²) in [4.78, 5) is 14.0. The second-order valence-electron chi connectivity index (χ2n) is 5.98. The minimum atomic E-state index is -0.0975. The largest absolute Gasteiger partial charge is 0.372 e. The Bertz CT molecular complexity index is 512. The predicted octanol–water partition coefficient (Wildman–Crippen LogP) is 0.596. The van der Waals surface area contributed by atoms with Crippen molar-refractivity contribution >= 4 is 5.69 Å². The first-order chi connectivity index (χ1) is 9.41. The van der Waals surface area contributed by atoms with E-state index in [4.69, 9.17) is 10.5 Å². The molecule has 1 aromatic rings. The average molecular weight is 280 g/mol. The quantitative estimate of drug-likeness (QED) is 0.855. The van der Waals surface area contributed by atoms with Crippen LogP contribution in [0.2, 0.25) is 0 Å². The normalized spacial score (nSPS) is 21.1. The van der Waals surface area contributed by atoms with Crippen molar-refractivity contribution in [2.75, 3.05) is 25.0 Å². The first kappa shape index (κ1) is 15.0. The molecule has 1 unspecified atom stereocenters. The number of aromatic nitrogens is 2. The van der Waals surface area contributed by atoms with Gasteiger partial charge in [0, 0.05) is 26.2 Å². The molecule has 1 fully saturated rings. The van der Waals surface area contributed by atoms with E-state index in [1.165, 1.54) is 4.68 Å². The molecule has 112 valence electrons. The SMILES string of the molecule is CN(CCN)c1cnn(CC2CCC(C)(C)O2)c(=O)c1. The fourth-order valence-corrected chi connectivity index (χ4v) is 2.49. The van der Waals surface area contributed by atoms with E-state index < -0.39 is 0 Å². The summed E-state index contributed by atoms with van der Waals surface area (Å²) >= 11 is 0. The molecule has 0 saturated carbocycles. The van der Waals surface area contributed by atoms with Crippen LogP contribution in [0.4, 0.5) is 5.69 Å². The zero-order valence-corrected chi connectivity index (χ0v) is 12.5. The van der Waals surface area contributed by atoms with Gasteiger partial charge in [-0.2, -0.15) is 5.10 Å². The predicted molar refractivity (Wildman–Crippen MR) is 79.0 cm³/mol. The van der Waals surface area contributed by atoms with Crippen molar-refractivity contribution in [3.63, 3.8) is 0 Å². The molecule has 2 N–H and O–H groups in total. The van der Waals surface area contributed by atoms with E-state index in [0.717, 1.165) is 18.5 Å². The number of hydrogen-bond donors (Lipinski definition) is 1. The van der Waals surface area contributed by atoms with Crippen molar-refractivity contribution in [3.05, 3.63) is 22.6 Å². The molecule has 2 rings (SSSR count). The summed E-state index contributed by atoms with van der Waals surface area (Å²) in [6.07, 6.45) is 3.76. The van der Waals surface area contributed by atoms with Crippen LogP contribution in [0.3, 0.4) is 0 Å². The highest BCUT2D eigenvalue weighted by atomic mass is 16.5. The molecule has 1 saturated heterocycles. The first-order valence-electron chi connectivity index (χ1n) is 7.07. The van der Waals surface area contributed by atoms with Gasteiger partial charge in [0.1, 0.15) is 0 Å². The molecule has 0 amide bonds. The molecule has 1 atom stereocenters. The smallest absolute Gasteiger partial charge is 0.268 e. The van der Waals surface area contributed by atoms with Gasteiger partial charge in [0.25, 0.3) is 5.56 Å². The molecule has 1 aliphatic heterocycles. The van der Waals surface area contributed by atoms with Crippen LogP contribution in [0.15, 0.2) is 17.1 Å². The van der Waals surface area contributed by atoms with Gasteiger partial charge in [-0.1, -0.05) is 0 Å². The lowest BCUT2D eigenvalue weighted by molar-refractivity contribution is -0.0235. The van der Waals surface area contributed by atoms with E-state index in [1.807, 2.05) is 11.9 Å². The lowest BCUT2D eigenvalue weighted by Crippen LogP contribution is -2.32. The second kappa shape index (κ2) is 5.93. The molecule has 20 heavy (non-hydrogen) atoms. The Balaban J connectivity index is 2.05. The molecule has 0 aromatic carbocycles. The highest BCUT2D eigenvalue weighted by Crippen LogP contribution is 2.29. The van der Waals surface area contributed by atoms with Crippen LogP contribution in [0.5, 0.6) is 0 Å². The Morgan fingerprint density at radius 2 is 2.35 bits per heavy atom. The highest BCUT2D eigenvalue weighted by Gasteiger charge is 2.32. The topological polar surface area (TPSA) is 73.4 Å². The van der Waals surface area contributed by atoms with Crippen molar-refractivity contribution in [1.29, 1.82) is 0 Å². The number of likely N-dealkylation sites (N-methyl/N-ethyl adjacent to an activating group) is 1. The maximum Gasteiger partial charge on any atom is 0.268 e. The van der Waals surface area contributed by atoms with E-state index >= 15 is 0 Å². The zero-order chi connectivity index (χ0) is 14.8. The van der Waals surface area contributed by atoms with Crippen molar-refractivity contribution in [3.8, 4) is 0 Å². The molecule has 1 aliphatic rings. The zero-order valence-electron chi connectivity index (χ0n) is 12.5. The van der Waals surface area contributed by atoms with Gasteiger partial charge in [0.05, 0.1) is 30.1 Å². The molecule has 0 bridgehead atoms. The van der Waals surface area contributed by atoms with Gasteiger partial charge in [-0.3, -0.25) is 4.79 Å². The Morgan fingerprint density at radius 3 is 2.90 bits per heavy atom. The van der Waals surface area contributed by atoms with Crippen molar-refractivity contribution < 1.29 is 4.74 Å². The summed E-state index contributed by atoms with van der Waals surface area (Å²) in [5.74, 6) is 0. The first-order valence-corrected chi connectivity index (χ1v) is 7.07. The lowest BCUT2D eigenvalue weighted by atomic mass is 10.1. The van der Waals surface area contributed by atoms with Gasteiger partial charge < -0.3 is 15.4 Å². The minimum Gasteiger partial charge on any atom is -0.372 e. The molecule has 1 aromatic heterocycles. The summed E-state index contributed by atoms with van der Waals surface area (Å²) in [5.41, 5.74) is 6.12. The van der Waals surface area contributed by atoms with Gasteiger partial charge in [-0.05, 0) is 26.7 Å². The number of nitrogens with two attached hydrogens (primary N) is 1. The molecule has 0 aliphatic carbocycles. The molecule has 6 heteroatoms. The Morgan fingerprint density at radius 1 is 1.60 bits per heavy atom. The number of nitrogens with zero attached hydrogens (tertiary/aromatic N) is 3. The average Bonchev–Trinajstić information content (AvgIpc) is 2.71. The molecular weight excluding hydrogens is 256 g/mol. The van der Waals surface area contributed by atoms with Gasteiger partial charge in [-0.15, -0.1) is 0 Å². The third kappa shape index (κ3) is 3.58. The van der Waals surface area contributed by atoms with E-state index in [2.05, 4.69) is 18.9 Å². The van der Waals surface area contributed by atoms with Crippen LogP contribution in [0.25, 0.3) is 0 Å². The van der Waals surface area contributed by atoms with Crippen LogP contribution < -0.4 is 16.2 Å². The number of hydrogen-bond acceptors (Lipinski definition) is 5. The van der Waals surface area contributed by atoms with Crippen molar-refractivity contribution in [1.82, 2.24) is 9.78 Å². The third-order valence-corrected chi connectivity index (χ3v) is 3.69. The summed E-state index contributed by atoms with van der Waals surface area (Å²) in [5, 5.41) is 4.23. The van der Waals surface area contributed by atoms with E-state index in [-0.39, 0.29) is 17.3 Å². The maximum absolute atomic E-state index is 12.1. The molecule has 2 heterocycles. The summed E-state index contributed by atoms with van der Waals surface area (Å²) < 4.78 is 7.38. The Kier molecular flexibility index (Phi) is 4.45. The van der Waals surface area contributed by atoms with E-state index in [9.17, 15) is 4.79 Å². The standard InChI is InChI=1S/C14H24N4O2/c1-14(2)5-4-12(20-14)10-18-13(19)8-11(9-16-18)17(3)7-6-15/h8-9,12H,4-7,10,15H2,1-3H3. The number of rotatable bonds is 5. The van der Waals surface area contributed by atoms with Gasteiger partial charge >= 0.3 is 0 Å². The van der Waals surface area contributed by atoms with E-state index in [1.54, 1.807) is 12.3 Å². The highest BCUT2D eigenvalue weighted by molar-refractivity contribution is 5.41. The second-order valence-corrected chi connectivity index (χ2v) is 5.98. The van der Waals surface area contributed by atoms with Crippen LogP contribution in [0.1, 0.15) is 26.7 Å². The van der Waals surface area contributed by atoms with Crippen LogP contribution in [0, 0.1) is 0 Å². The Labute approximate surface area is 119 Å². The Hall–Kier alpha value is -1.40. The summed E-state index contributed by atoms with van der Waals surface area (Å²) in [6.45, 7) is 5.92. The molecule has 6 nitrogen and oxygen atoms in total. The molecular formula is C14H24N4O2. The van der Waals surface area contributed by atoms with Crippen molar-refractivity contribution in [2.45, 2.75) is 44.9 Å². The molecule has 0 radical (unpaired) electrons. The molecule has 0 spiro atoms. The van der Waals surface area contributed by atoms with Gasteiger partial charge in [-0.25, -0.2) is 4.68 Å². The lowest BCUT2D eigenvalue weighted by Gasteiger charge is -2.20. The fourth-order valence-electron chi connectivity index (χ4n) is 2.49. The minimum absolute atomic E-state index is 0.0721. The van der Waals surface area contributed by atoms with E-state index in [0.29, 0.717) is 19.6 Å². The third-order valence-electron chi connectivity index (χ3n) is 3.69. The van der Waals surface area contributed by atoms with Crippen LogP contribution in [-0.2, 0) is 11.3 Å². The maximum atomic E-state index is 12.1. The number of ether oxygens (including phenoxy) is 1. The monoisotopic (exact) mass is 280 g/mol. The fraction of sp³-hybridized carbons (Fsp3) is 0.714. The van der Waals surface area contributed by atoms with Crippen molar-refractivity contribution in [2.24, 2.45) is 5.73 Å². The van der Waals surface area contributed by atoms with Gasteiger partial charge in [0.2, 0.25) is 0 Å². The number of anilines is 1.